The molecule has 11 heteroatoms. The van der Waals surface area contributed by atoms with Crippen LogP contribution in [0.4, 0.5) is 30.8 Å². The fourth-order valence-electron chi connectivity index (χ4n) is 2.59. The molecule has 0 aliphatic rings. The van der Waals surface area contributed by atoms with Crippen molar-refractivity contribution in [3.05, 3.63) is 52.5 Å². The smallest absolute Gasteiger partial charge is 0.368 e. The molecule has 2 aromatic carbocycles. The summed E-state index contributed by atoms with van der Waals surface area (Å²) in [6, 6.07) is 7.89. The third-order valence-electron chi connectivity index (χ3n) is 3.82. The Balaban J connectivity index is 2.06. The van der Waals surface area contributed by atoms with Crippen molar-refractivity contribution in [1.82, 2.24) is 20.5 Å². The van der Waals surface area contributed by atoms with Crippen molar-refractivity contribution in [3.8, 4) is 11.1 Å². The van der Waals surface area contributed by atoms with Gasteiger partial charge >= 0.3 is 6.18 Å². The Morgan fingerprint density at radius 1 is 1.21 bits per heavy atom. The van der Waals surface area contributed by atoms with Crippen LogP contribution in [0, 0.1) is 0 Å². The predicted molar refractivity (Wildman–Crippen MR) is 99.4 cm³/mol. The summed E-state index contributed by atoms with van der Waals surface area (Å²) in [7, 11) is 1.46. The van der Waals surface area contributed by atoms with Gasteiger partial charge in [0.15, 0.2) is 0 Å². The summed E-state index contributed by atoms with van der Waals surface area (Å²) in [5, 5.41) is 11.0. The van der Waals surface area contributed by atoms with Gasteiger partial charge < -0.3 is 16.4 Å². The summed E-state index contributed by atoms with van der Waals surface area (Å²) < 4.78 is 41.1. The maximum atomic E-state index is 13.7. The third-order valence-corrected chi connectivity index (χ3v) is 4.12. The van der Waals surface area contributed by atoms with E-state index < -0.39 is 11.7 Å². The lowest BCUT2D eigenvalue weighted by Crippen LogP contribution is -2.17. The van der Waals surface area contributed by atoms with Gasteiger partial charge in [0.25, 0.3) is 5.91 Å². The minimum absolute atomic E-state index is 0.00405. The molecule has 5 N–H and O–H groups in total. The first-order valence-electron chi connectivity index (χ1n) is 7.87. The Kier molecular flexibility index (Phi) is 5.14. The molecule has 0 saturated carbocycles. The molecule has 0 unspecified atom stereocenters. The van der Waals surface area contributed by atoms with Crippen molar-refractivity contribution >= 4 is 35.1 Å². The van der Waals surface area contributed by atoms with Gasteiger partial charge in [0.05, 0.1) is 10.6 Å². The lowest BCUT2D eigenvalue weighted by molar-refractivity contribution is -0.137. The number of rotatable bonds is 4. The van der Waals surface area contributed by atoms with Crippen LogP contribution in [0.1, 0.15) is 15.9 Å². The van der Waals surface area contributed by atoms with Crippen LogP contribution < -0.4 is 16.4 Å². The first kappa shape index (κ1) is 19.5. The lowest BCUT2D eigenvalue weighted by atomic mass is 9.97. The van der Waals surface area contributed by atoms with Gasteiger partial charge in [0, 0.05) is 23.9 Å². The van der Waals surface area contributed by atoms with Crippen molar-refractivity contribution < 1.29 is 18.0 Å². The maximum Gasteiger partial charge on any atom is 0.417 e. The molecule has 28 heavy (non-hydrogen) atoms. The summed E-state index contributed by atoms with van der Waals surface area (Å²) in [4.78, 5) is 15.4. The van der Waals surface area contributed by atoms with Crippen LogP contribution in [0.5, 0.6) is 0 Å². The Morgan fingerprint density at radius 3 is 2.43 bits per heavy atom. The molecular weight excluding hydrogens is 397 g/mol. The number of H-pyrrole nitrogens is 1. The zero-order valence-corrected chi connectivity index (χ0v) is 15.1. The first-order valence-corrected chi connectivity index (χ1v) is 8.25. The number of carbonyl (C=O) groups excluding carboxylic acids is 1. The average Bonchev–Trinajstić information content (AvgIpc) is 3.05. The topological polar surface area (TPSA) is 109 Å². The van der Waals surface area contributed by atoms with Gasteiger partial charge in [0.2, 0.25) is 11.9 Å². The number of nitrogen functional groups attached to an aromatic ring is 1. The monoisotopic (exact) mass is 410 g/mol. The second kappa shape index (κ2) is 7.39. The number of amides is 1. The Hall–Kier alpha value is -3.27. The second-order valence-corrected chi connectivity index (χ2v) is 6.11. The number of alkyl halides is 3. The van der Waals surface area contributed by atoms with Gasteiger partial charge in [-0.15, -0.1) is 5.10 Å². The fourth-order valence-corrected chi connectivity index (χ4v) is 2.92. The van der Waals surface area contributed by atoms with Crippen LogP contribution in [0.3, 0.4) is 0 Å². The lowest BCUT2D eigenvalue weighted by Gasteiger charge is -2.17. The standard InChI is InChI=1S/C17H14ClF3N6O/c1-23-14(28)9-4-2-8(3-5-9)13-11(17(19,20)21)6-10(7-12(13)18)24-16-25-15(22)26-27-16/h2-7H,1H3,(H,23,28)(H4,22,24,25,26,27). The molecule has 0 spiro atoms. The maximum absolute atomic E-state index is 13.7. The molecule has 7 nitrogen and oxygen atoms in total. The number of aromatic nitrogens is 3. The molecule has 0 radical (unpaired) electrons. The van der Waals surface area contributed by atoms with Crippen molar-refractivity contribution in [2.24, 2.45) is 0 Å². The number of hydrogen-bond donors (Lipinski definition) is 4. The quantitative estimate of drug-likeness (QED) is 0.522. The molecule has 1 amide bonds. The van der Waals surface area contributed by atoms with Gasteiger partial charge in [-0.1, -0.05) is 23.7 Å². The Bertz CT molecular complexity index is 1020. The number of anilines is 3. The minimum atomic E-state index is -4.67. The van der Waals surface area contributed by atoms with Crippen LogP contribution in [0.25, 0.3) is 11.1 Å². The molecule has 0 aliphatic heterocycles. The van der Waals surface area contributed by atoms with E-state index in [1.54, 1.807) is 0 Å². The van der Waals surface area contributed by atoms with Crippen LogP contribution in [0.15, 0.2) is 36.4 Å². The molecule has 0 atom stereocenters. The SMILES string of the molecule is CNC(=O)c1ccc(-c2c(Cl)cc(Nc3n[nH]c(N)n3)cc2C(F)(F)F)cc1. The zero-order valence-electron chi connectivity index (χ0n) is 14.4. The van der Waals surface area contributed by atoms with E-state index in [2.05, 4.69) is 25.8 Å². The van der Waals surface area contributed by atoms with E-state index in [1.165, 1.54) is 37.4 Å². The number of hydrogen-bond acceptors (Lipinski definition) is 5. The normalized spacial score (nSPS) is 11.3. The molecule has 0 saturated heterocycles. The van der Waals surface area contributed by atoms with Crippen LogP contribution in [-0.2, 0) is 6.18 Å². The van der Waals surface area contributed by atoms with E-state index in [0.29, 0.717) is 5.56 Å². The third kappa shape index (κ3) is 4.01. The van der Waals surface area contributed by atoms with E-state index >= 15 is 0 Å². The summed E-state index contributed by atoms with van der Waals surface area (Å²) in [6.45, 7) is 0. The summed E-state index contributed by atoms with van der Waals surface area (Å²) in [5.41, 5.74) is 4.84. The van der Waals surface area contributed by atoms with Crippen molar-refractivity contribution in [2.75, 3.05) is 18.1 Å². The number of nitrogens with zero attached hydrogens (tertiary/aromatic N) is 2. The van der Waals surface area contributed by atoms with Gasteiger partial charge in [-0.3, -0.25) is 4.79 Å². The van der Waals surface area contributed by atoms with Crippen LogP contribution in [-0.4, -0.2) is 28.1 Å². The second-order valence-electron chi connectivity index (χ2n) is 5.70. The van der Waals surface area contributed by atoms with Gasteiger partial charge in [-0.05, 0) is 29.8 Å². The number of aromatic amines is 1. The number of halogens is 4. The molecule has 0 bridgehead atoms. The van der Waals surface area contributed by atoms with Gasteiger partial charge in [-0.2, -0.15) is 18.2 Å². The molecule has 3 aromatic rings. The fraction of sp³-hybridized carbons (Fsp3) is 0.118. The molecule has 0 fully saturated rings. The van der Waals surface area contributed by atoms with E-state index in [-0.39, 0.29) is 39.6 Å². The number of carbonyl (C=O) groups is 1. The summed E-state index contributed by atoms with van der Waals surface area (Å²) >= 11 is 6.18. The highest BCUT2D eigenvalue weighted by Crippen LogP contribution is 2.43. The van der Waals surface area contributed by atoms with E-state index in [1.807, 2.05) is 0 Å². The zero-order chi connectivity index (χ0) is 20.5. The van der Waals surface area contributed by atoms with Crippen LogP contribution in [0.2, 0.25) is 5.02 Å². The molecule has 146 valence electrons. The Morgan fingerprint density at radius 2 is 1.89 bits per heavy atom. The summed E-state index contributed by atoms with van der Waals surface area (Å²) in [6.07, 6.45) is -4.67. The van der Waals surface area contributed by atoms with E-state index in [4.69, 9.17) is 17.3 Å². The largest absolute Gasteiger partial charge is 0.417 e. The number of nitrogens with one attached hydrogen (secondary N) is 3. The summed E-state index contributed by atoms with van der Waals surface area (Å²) in [5.74, 6) is -0.333. The average molecular weight is 411 g/mol. The minimum Gasteiger partial charge on any atom is -0.368 e. The predicted octanol–water partition coefficient (Wildman–Crippen LogP) is 3.83. The van der Waals surface area contributed by atoms with Crippen LogP contribution >= 0.6 is 11.6 Å². The molecule has 1 heterocycles. The number of nitrogens with two attached hydrogens (primary N) is 1. The van der Waals surface area contributed by atoms with Gasteiger partial charge in [-0.25, -0.2) is 5.10 Å². The highest BCUT2D eigenvalue weighted by Gasteiger charge is 2.35. The number of benzene rings is 2. The molecule has 1 aromatic heterocycles. The molecule has 3 rings (SSSR count). The molecular formula is C17H14ClF3N6O. The Labute approximate surface area is 162 Å². The highest BCUT2D eigenvalue weighted by atomic mass is 35.5. The van der Waals surface area contributed by atoms with Gasteiger partial charge in [0.1, 0.15) is 0 Å². The van der Waals surface area contributed by atoms with E-state index in [0.717, 1.165) is 6.07 Å². The highest BCUT2D eigenvalue weighted by molar-refractivity contribution is 6.34. The van der Waals surface area contributed by atoms with Crippen molar-refractivity contribution in [3.63, 3.8) is 0 Å². The van der Waals surface area contributed by atoms with E-state index in [9.17, 15) is 18.0 Å². The molecule has 0 aliphatic carbocycles. The first-order chi connectivity index (χ1) is 13.2. The van der Waals surface area contributed by atoms with Crippen molar-refractivity contribution in [2.45, 2.75) is 6.18 Å². The van der Waals surface area contributed by atoms with Crippen molar-refractivity contribution in [1.29, 1.82) is 0 Å².